The molecule has 1 aliphatic heterocycles. The van der Waals surface area contributed by atoms with Crippen molar-refractivity contribution < 1.29 is 18.7 Å². The molecule has 6 nitrogen and oxygen atoms in total. The second-order valence-electron chi connectivity index (χ2n) is 6.86. The number of aromatic nitrogens is 1. The minimum Gasteiger partial charge on any atom is -0.496 e. The largest absolute Gasteiger partial charge is 0.496 e. The molecular formula is C21H21ClFN3O3S. The zero-order chi connectivity index (χ0) is 21.1. The number of fused-ring (bicyclic) bond motifs is 1. The van der Waals surface area contributed by atoms with Crippen molar-refractivity contribution in [2.24, 2.45) is 0 Å². The molecule has 2 heterocycles. The average Bonchev–Trinajstić information content (AvgIpc) is 3.17. The molecule has 0 aliphatic carbocycles. The fraction of sp³-hybridized carbons (Fsp3) is 0.333. The molecule has 0 unspecified atom stereocenters. The van der Waals surface area contributed by atoms with Crippen molar-refractivity contribution >= 4 is 44.2 Å². The summed E-state index contributed by atoms with van der Waals surface area (Å²) >= 11 is 7.43. The van der Waals surface area contributed by atoms with Crippen LogP contribution in [0.3, 0.4) is 0 Å². The van der Waals surface area contributed by atoms with E-state index < -0.39 is 0 Å². The van der Waals surface area contributed by atoms with Gasteiger partial charge in [-0.2, -0.15) is 0 Å². The van der Waals surface area contributed by atoms with E-state index in [0.717, 1.165) is 13.1 Å². The predicted octanol–water partition coefficient (Wildman–Crippen LogP) is 4.08. The minimum absolute atomic E-state index is 0.262. The fourth-order valence-electron chi connectivity index (χ4n) is 3.34. The third-order valence-electron chi connectivity index (χ3n) is 4.95. The third kappa shape index (κ3) is 4.57. The highest BCUT2D eigenvalue weighted by Gasteiger charge is 2.25. The maximum Gasteiger partial charge on any atom is 0.263 e. The molecule has 0 atom stereocenters. The van der Waals surface area contributed by atoms with Gasteiger partial charge in [-0.3, -0.25) is 14.6 Å². The number of thiazole rings is 1. The summed E-state index contributed by atoms with van der Waals surface area (Å²) in [6, 6.07) is 9.36. The first-order chi connectivity index (χ1) is 14.5. The normalized spacial score (nSPS) is 14.8. The van der Waals surface area contributed by atoms with Crippen LogP contribution in [0.5, 0.6) is 5.75 Å². The summed E-state index contributed by atoms with van der Waals surface area (Å²) < 4.78 is 25.1. The Kier molecular flexibility index (Phi) is 6.48. The first-order valence-corrected chi connectivity index (χ1v) is 10.8. The van der Waals surface area contributed by atoms with Gasteiger partial charge in [-0.05, 0) is 36.4 Å². The molecule has 158 valence electrons. The van der Waals surface area contributed by atoms with Crippen LogP contribution in [-0.2, 0) is 4.74 Å². The zero-order valence-corrected chi connectivity index (χ0v) is 18.0. The number of nitrogens with zero attached hydrogens (tertiary/aromatic N) is 3. The Balaban J connectivity index is 1.68. The van der Waals surface area contributed by atoms with Gasteiger partial charge < -0.3 is 9.47 Å². The summed E-state index contributed by atoms with van der Waals surface area (Å²) in [5.41, 5.74) is 1.01. The second kappa shape index (κ2) is 9.26. The zero-order valence-electron chi connectivity index (χ0n) is 16.4. The first-order valence-electron chi connectivity index (χ1n) is 9.57. The lowest BCUT2D eigenvalue weighted by Gasteiger charge is -2.29. The van der Waals surface area contributed by atoms with E-state index in [4.69, 9.17) is 21.1 Å². The number of carbonyl (C=O) groups is 1. The van der Waals surface area contributed by atoms with Crippen LogP contribution >= 0.6 is 22.9 Å². The van der Waals surface area contributed by atoms with E-state index >= 15 is 0 Å². The van der Waals surface area contributed by atoms with E-state index in [0.29, 0.717) is 58.0 Å². The maximum absolute atomic E-state index is 13.7. The van der Waals surface area contributed by atoms with E-state index in [2.05, 4.69) is 9.88 Å². The molecule has 1 fully saturated rings. The molecule has 1 aliphatic rings. The Morgan fingerprint density at radius 2 is 2.10 bits per heavy atom. The summed E-state index contributed by atoms with van der Waals surface area (Å²) in [7, 11) is 1.51. The highest BCUT2D eigenvalue weighted by molar-refractivity contribution is 7.22. The number of halogens is 2. The molecule has 1 amide bonds. The number of amides is 1. The van der Waals surface area contributed by atoms with Crippen molar-refractivity contribution in [3.8, 4) is 5.75 Å². The van der Waals surface area contributed by atoms with Gasteiger partial charge in [-0.25, -0.2) is 9.37 Å². The van der Waals surface area contributed by atoms with Gasteiger partial charge in [-0.1, -0.05) is 22.9 Å². The monoisotopic (exact) mass is 449 g/mol. The molecule has 0 bridgehead atoms. The van der Waals surface area contributed by atoms with E-state index in [9.17, 15) is 9.18 Å². The molecule has 30 heavy (non-hydrogen) atoms. The summed E-state index contributed by atoms with van der Waals surface area (Å²) in [6.45, 7) is 4.08. The number of benzene rings is 2. The maximum atomic E-state index is 13.7. The Morgan fingerprint density at radius 3 is 2.87 bits per heavy atom. The number of morpholine rings is 1. The first kappa shape index (κ1) is 21.0. The van der Waals surface area contributed by atoms with Crippen LogP contribution < -0.4 is 9.64 Å². The van der Waals surface area contributed by atoms with Crippen LogP contribution in [0.1, 0.15) is 10.4 Å². The Labute approximate surface area is 182 Å². The van der Waals surface area contributed by atoms with Gasteiger partial charge in [0, 0.05) is 31.2 Å². The van der Waals surface area contributed by atoms with Crippen molar-refractivity contribution in [3.05, 3.63) is 52.8 Å². The number of hydrogen-bond acceptors (Lipinski definition) is 6. The summed E-state index contributed by atoms with van der Waals surface area (Å²) in [5.74, 6) is -0.157. The average molecular weight is 450 g/mol. The molecular weight excluding hydrogens is 429 g/mol. The van der Waals surface area contributed by atoms with Crippen LogP contribution in [0.25, 0.3) is 10.2 Å². The number of hydrogen-bond donors (Lipinski definition) is 0. The molecule has 4 rings (SSSR count). The molecule has 3 aromatic rings. The van der Waals surface area contributed by atoms with Crippen molar-refractivity contribution in [2.45, 2.75) is 0 Å². The van der Waals surface area contributed by atoms with Crippen LogP contribution in [-0.4, -0.2) is 62.3 Å². The molecule has 0 radical (unpaired) electrons. The smallest absolute Gasteiger partial charge is 0.263 e. The van der Waals surface area contributed by atoms with Gasteiger partial charge in [-0.15, -0.1) is 0 Å². The molecule has 1 saturated heterocycles. The quantitative estimate of drug-likeness (QED) is 0.567. The summed E-state index contributed by atoms with van der Waals surface area (Å²) in [4.78, 5) is 22.0. The van der Waals surface area contributed by atoms with Gasteiger partial charge >= 0.3 is 0 Å². The molecule has 0 N–H and O–H groups in total. The van der Waals surface area contributed by atoms with Crippen molar-refractivity contribution in [1.82, 2.24) is 9.88 Å². The minimum atomic E-state index is -0.333. The van der Waals surface area contributed by atoms with Gasteiger partial charge in [0.1, 0.15) is 11.6 Å². The van der Waals surface area contributed by atoms with Crippen LogP contribution in [0.2, 0.25) is 5.02 Å². The van der Waals surface area contributed by atoms with E-state index in [-0.39, 0.29) is 11.7 Å². The van der Waals surface area contributed by atoms with Gasteiger partial charge in [0.2, 0.25) is 0 Å². The lowest BCUT2D eigenvalue weighted by atomic mass is 10.1. The van der Waals surface area contributed by atoms with E-state index in [1.807, 2.05) is 0 Å². The number of methoxy groups -OCH3 is 1. The molecule has 1 aromatic heterocycles. The number of ether oxygens (including phenoxy) is 2. The summed E-state index contributed by atoms with van der Waals surface area (Å²) in [5, 5.41) is 0.953. The predicted molar refractivity (Wildman–Crippen MR) is 117 cm³/mol. The third-order valence-corrected chi connectivity index (χ3v) is 6.23. The molecule has 0 spiro atoms. The lowest BCUT2D eigenvalue weighted by Crippen LogP contribution is -2.43. The van der Waals surface area contributed by atoms with Gasteiger partial charge in [0.25, 0.3) is 5.91 Å². The Bertz CT molecular complexity index is 1060. The van der Waals surface area contributed by atoms with Crippen LogP contribution in [0.15, 0.2) is 36.4 Å². The van der Waals surface area contributed by atoms with Crippen molar-refractivity contribution in [3.63, 3.8) is 0 Å². The van der Waals surface area contributed by atoms with Crippen molar-refractivity contribution in [2.75, 3.05) is 51.4 Å². The molecule has 0 saturated carbocycles. The lowest BCUT2D eigenvalue weighted by molar-refractivity contribution is 0.0391. The van der Waals surface area contributed by atoms with Crippen LogP contribution in [0.4, 0.5) is 9.52 Å². The van der Waals surface area contributed by atoms with Crippen LogP contribution in [0, 0.1) is 5.82 Å². The van der Waals surface area contributed by atoms with Gasteiger partial charge in [0.05, 0.1) is 36.1 Å². The topological polar surface area (TPSA) is 54.9 Å². The summed E-state index contributed by atoms with van der Waals surface area (Å²) in [6.07, 6.45) is 0. The highest BCUT2D eigenvalue weighted by Crippen LogP contribution is 2.32. The Morgan fingerprint density at radius 1 is 1.30 bits per heavy atom. The van der Waals surface area contributed by atoms with E-state index in [1.165, 1.54) is 30.6 Å². The molecule has 2 aromatic carbocycles. The number of carbonyl (C=O) groups excluding carboxylic acids is 1. The van der Waals surface area contributed by atoms with Crippen molar-refractivity contribution in [1.29, 1.82) is 0 Å². The highest BCUT2D eigenvalue weighted by atomic mass is 35.5. The standard InChI is InChI=1S/C21H21ClFN3O3S/c1-28-18-5-2-14(22)12-16(18)20(27)26(7-6-25-8-10-29-11-9-25)21-24-17-4-3-15(23)13-19(17)30-21/h2-5,12-13H,6-11H2,1H3. The number of anilines is 1. The molecule has 9 heteroatoms. The number of rotatable bonds is 6. The Hall–Kier alpha value is -2.26. The van der Waals surface area contributed by atoms with Gasteiger partial charge in [0.15, 0.2) is 5.13 Å². The SMILES string of the molecule is COc1ccc(Cl)cc1C(=O)N(CCN1CCOCC1)c1nc2ccc(F)cc2s1. The fourth-order valence-corrected chi connectivity index (χ4v) is 4.53. The van der Waals surface area contributed by atoms with E-state index in [1.54, 1.807) is 29.2 Å². The second-order valence-corrected chi connectivity index (χ2v) is 8.31.